The zero-order valence-electron chi connectivity index (χ0n) is 21.2. The van der Waals surface area contributed by atoms with Crippen LogP contribution in [-0.4, -0.2) is 44.8 Å². The Labute approximate surface area is 205 Å². The fourth-order valence-corrected chi connectivity index (χ4v) is 8.73. The molecule has 6 rings (SSSR count). The third kappa shape index (κ3) is 3.94. The number of rotatable bonds is 5. The van der Waals surface area contributed by atoms with Crippen LogP contribution >= 0.6 is 0 Å². The highest BCUT2D eigenvalue weighted by Gasteiger charge is 2.52. The van der Waals surface area contributed by atoms with Gasteiger partial charge >= 0.3 is 0 Å². The molecule has 3 saturated carbocycles. The minimum absolute atomic E-state index is 0.287. The number of hydrogen-bond acceptors (Lipinski definition) is 4. The van der Waals surface area contributed by atoms with E-state index in [2.05, 4.69) is 43.3 Å². The molecular formula is C30H43NO3. The number of hydrogen-bond donors (Lipinski definition) is 1. The van der Waals surface area contributed by atoms with Crippen LogP contribution in [0.25, 0.3) is 0 Å². The molecule has 1 aromatic carbocycles. The maximum absolute atomic E-state index is 9.50. The summed E-state index contributed by atoms with van der Waals surface area (Å²) in [5, 5.41) is 9.50. The molecule has 0 radical (unpaired) electrons. The van der Waals surface area contributed by atoms with Gasteiger partial charge in [0.15, 0.2) is 5.79 Å². The van der Waals surface area contributed by atoms with Crippen LogP contribution in [-0.2, 0) is 9.47 Å². The second kappa shape index (κ2) is 9.26. The van der Waals surface area contributed by atoms with E-state index in [0.29, 0.717) is 18.4 Å². The van der Waals surface area contributed by atoms with Crippen molar-refractivity contribution in [2.24, 2.45) is 29.6 Å². The molecule has 6 atom stereocenters. The molecular weight excluding hydrogens is 422 g/mol. The van der Waals surface area contributed by atoms with Crippen molar-refractivity contribution < 1.29 is 14.6 Å². The Hall–Kier alpha value is -1.36. The Morgan fingerprint density at radius 3 is 2.53 bits per heavy atom. The standard InChI is InChI=1S/C30H43NO3/c1-31(2)23-9-5-21(6-10-23)28-18-27-20(4-3-15-32)7-11-25(27)26-12-8-22-19-30(33-16-17-34-30)14-13-24(22)29(26)28/h5-6,9-10,20,22,25-28,32H,3-4,7-8,11-19H2,1-2H3/t20-,22?,25?,26?,27?,28?/m0/s1. The quantitative estimate of drug-likeness (QED) is 0.550. The van der Waals surface area contributed by atoms with E-state index in [1.54, 1.807) is 5.57 Å². The summed E-state index contributed by atoms with van der Waals surface area (Å²) in [6, 6.07) is 9.46. The Balaban J connectivity index is 1.36. The lowest BCUT2D eigenvalue weighted by molar-refractivity contribution is -0.181. The number of ether oxygens (including phenoxy) is 2. The average molecular weight is 466 g/mol. The highest BCUT2D eigenvalue weighted by atomic mass is 16.7. The molecule has 4 nitrogen and oxygen atoms in total. The lowest BCUT2D eigenvalue weighted by atomic mass is 9.55. The van der Waals surface area contributed by atoms with E-state index < -0.39 is 0 Å². The third-order valence-electron chi connectivity index (χ3n) is 10.2. The summed E-state index contributed by atoms with van der Waals surface area (Å²) in [5.41, 5.74) is 6.44. The van der Waals surface area contributed by atoms with Crippen LogP contribution in [0.5, 0.6) is 0 Å². The summed E-state index contributed by atoms with van der Waals surface area (Å²) in [6.45, 7) is 1.87. The second-order valence-corrected chi connectivity index (χ2v) is 12.0. The summed E-state index contributed by atoms with van der Waals surface area (Å²) in [4.78, 5) is 2.20. The van der Waals surface area contributed by atoms with E-state index in [4.69, 9.17) is 9.47 Å². The van der Waals surface area contributed by atoms with Gasteiger partial charge in [0.25, 0.3) is 0 Å². The van der Waals surface area contributed by atoms with Gasteiger partial charge in [-0.05, 0) is 98.7 Å². The van der Waals surface area contributed by atoms with Crippen LogP contribution in [0.4, 0.5) is 5.69 Å². The topological polar surface area (TPSA) is 41.9 Å². The number of aliphatic hydroxyl groups is 1. The van der Waals surface area contributed by atoms with Crippen molar-refractivity contribution in [3.63, 3.8) is 0 Å². The number of anilines is 1. The fourth-order valence-electron chi connectivity index (χ4n) is 8.73. The highest BCUT2D eigenvalue weighted by Crippen LogP contribution is 2.62. The van der Waals surface area contributed by atoms with Crippen molar-refractivity contribution >= 4 is 5.69 Å². The Kier molecular flexibility index (Phi) is 6.28. The van der Waals surface area contributed by atoms with Gasteiger partial charge in [0.2, 0.25) is 0 Å². The van der Waals surface area contributed by atoms with Crippen molar-refractivity contribution in [3.8, 4) is 0 Å². The normalized spacial score (nSPS) is 36.3. The molecule has 5 aliphatic rings. The highest BCUT2D eigenvalue weighted by molar-refractivity contribution is 5.49. The molecule has 1 spiro atoms. The number of fused-ring (bicyclic) bond motifs is 4. The van der Waals surface area contributed by atoms with Gasteiger partial charge in [0.1, 0.15) is 0 Å². The average Bonchev–Trinajstić information content (AvgIpc) is 3.48. The molecule has 186 valence electrons. The van der Waals surface area contributed by atoms with Crippen LogP contribution in [0.1, 0.15) is 75.7 Å². The van der Waals surface area contributed by atoms with Gasteiger partial charge < -0.3 is 19.5 Å². The van der Waals surface area contributed by atoms with E-state index in [0.717, 1.165) is 62.6 Å². The van der Waals surface area contributed by atoms with Crippen LogP contribution in [0.2, 0.25) is 0 Å². The van der Waals surface area contributed by atoms with Gasteiger partial charge in [-0.15, -0.1) is 0 Å². The predicted octanol–water partition coefficient (Wildman–Crippen LogP) is 5.90. The summed E-state index contributed by atoms with van der Waals surface area (Å²) in [7, 11) is 4.25. The molecule has 5 unspecified atom stereocenters. The summed E-state index contributed by atoms with van der Waals surface area (Å²) in [6.07, 6.45) is 12.2. The van der Waals surface area contributed by atoms with Gasteiger partial charge in [0.05, 0.1) is 13.2 Å². The maximum atomic E-state index is 9.50. The van der Waals surface area contributed by atoms with Crippen molar-refractivity contribution in [1.29, 1.82) is 0 Å². The molecule has 1 aliphatic heterocycles. The largest absolute Gasteiger partial charge is 0.396 e. The first kappa shape index (κ1) is 23.1. The van der Waals surface area contributed by atoms with Crippen LogP contribution in [0.3, 0.4) is 0 Å². The van der Waals surface area contributed by atoms with Crippen LogP contribution in [0.15, 0.2) is 35.4 Å². The molecule has 1 N–H and O–H groups in total. The summed E-state index contributed by atoms with van der Waals surface area (Å²) < 4.78 is 12.3. The van der Waals surface area contributed by atoms with Gasteiger partial charge in [-0.3, -0.25) is 0 Å². The second-order valence-electron chi connectivity index (χ2n) is 12.0. The maximum Gasteiger partial charge on any atom is 0.169 e. The number of benzene rings is 1. The minimum atomic E-state index is -0.287. The molecule has 34 heavy (non-hydrogen) atoms. The van der Waals surface area contributed by atoms with Crippen molar-refractivity contribution in [2.45, 2.75) is 75.9 Å². The van der Waals surface area contributed by atoms with E-state index in [1.807, 2.05) is 5.57 Å². The number of aliphatic hydroxyl groups excluding tert-OH is 1. The van der Waals surface area contributed by atoms with Gasteiger partial charge in [0, 0.05) is 45.1 Å². The number of allylic oxidation sites excluding steroid dienone is 2. The first-order valence-electron chi connectivity index (χ1n) is 14.0. The summed E-state index contributed by atoms with van der Waals surface area (Å²) >= 11 is 0. The van der Waals surface area contributed by atoms with E-state index >= 15 is 0 Å². The zero-order valence-corrected chi connectivity index (χ0v) is 21.2. The van der Waals surface area contributed by atoms with Gasteiger partial charge in [-0.1, -0.05) is 23.3 Å². The first-order valence-corrected chi connectivity index (χ1v) is 14.0. The number of nitrogens with zero attached hydrogens (tertiary/aromatic N) is 1. The summed E-state index contributed by atoms with van der Waals surface area (Å²) in [5.74, 6) is 4.18. The molecule has 4 fully saturated rings. The third-order valence-corrected chi connectivity index (χ3v) is 10.2. The van der Waals surface area contributed by atoms with E-state index in [-0.39, 0.29) is 5.79 Å². The molecule has 0 bridgehead atoms. The fraction of sp³-hybridized carbons (Fsp3) is 0.733. The predicted molar refractivity (Wildman–Crippen MR) is 136 cm³/mol. The van der Waals surface area contributed by atoms with Crippen molar-refractivity contribution in [2.75, 3.05) is 38.8 Å². The Morgan fingerprint density at radius 2 is 1.79 bits per heavy atom. The first-order chi connectivity index (χ1) is 16.6. The molecule has 0 amide bonds. The molecule has 4 heteroatoms. The Morgan fingerprint density at radius 1 is 1.00 bits per heavy atom. The molecule has 1 saturated heterocycles. The van der Waals surface area contributed by atoms with Crippen LogP contribution in [0, 0.1) is 29.6 Å². The molecule has 0 aromatic heterocycles. The minimum Gasteiger partial charge on any atom is -0.396 e. The Bertz CT molecular complexity index is 900. The van der Waals surface area contributed by atoms with E-state index in [1.165, 1.54) is 49.8 Å². The smallest absolute Gasteiger partial charge is 0.169 e. The monoisotopic (exact) mass is 465 g/mol. The van der Waals surface area contributed by atoms with Crippen molar-refractivity contribution in [1.82, 2.24) is 0 Å². The lowest BCUT2D eigenvalue weighted by Crippen LogP contribution is -2.43. The molecule has 1 aromatic rings. The lowest BCUT2D eigenvalue weighted by Gasteiger charge is -2.50. The van der Waals surface area contributed by atoms with E-state index in [9.17, 15) is 5.11 Å². The SMILES string of the molecule is CN(C)c1ccc(C2CC3C(CC[C@@H]3CCCO)C3CCC4CC5(CCC4=C23)OCCO5)cc1. The van der Waals surface area contributed by atoms with Crippen LogP contribution < -0.4 is 4.90 Å². The zero-order chi connectivity index (χ0) is 23.3. The van der Waals surface area contributed by atoms with Crippen molar-refractivity contribution in [3.05, 3.63) is 41.0 Å². The molecule has 4 aliphatic carbocycles. The molecule has 1 heterocycles. The van der Waals surface area contributed by atoms with Gasteiger partial charge in [-0.25, -0.2) is 0 Å². The van der Waals surface area contributed by atoms with Gasteiger partial charge in [-0.2, -0.15) is 0 Å².